The summed E-state index contributed by atoms with van der Waals surface area (Å²) in [7, 11) is 0. The van der Waals surface area contributed by atoms with E-state index in [1.54, 1.807) is 0 Å². The normalized spacial score (nSPS) is 16.5. The van der Waals surface area contributed by atoms with E-state index in [0.29, 0.717) is 5.25 Å². The lowest BCUT2D eigenvalue weighted by molar-refractivity contribution is 1.01. The molecule has 0 amide bonds. The Morgan fingerprint density at radius 3 is 2.58 bits per heavy atom. The van der Waals surface area contributed by atoms with Crippen LogP contribution in [0.15, 0.2) is 81.1 Å². The average molecular weight is 535 g/mol. The van der Waals surface area contributed by atoms with Gasteiger partial charge in [0.2, 0.25) is 0 Å². The Morgan fingerprint density at radius 1 is 1.04 bits per heavy atom. The van der Waals surface area contributed by atoms with Crippen molar-refractivity contribution in [1.82, 2.24) is 0 Å². The molecule has 0 saturated heterocycles. The van der Waals surface area contributed by atoms with Crippen molar-refractivity contribution in [3.63, 3.8) is 0 Å². The van der Waals surface area contributed by atoms with Crippen molar-refractivity contribution in [2.75, 3.05) is 5.73 Å². The molecule has 5 heteroatoms. The molecule has 2 nitrogen and oxygen atoms in total. The minimum Gasteiger partial charge on any atom is -0.397 e. The molecule has 1 heterocycles. The van der Waals surface area contributed by atoms with Gasteiger partial charge in [-0.1, -0.05) is 58.4 Å². The standard InChI is InChI=1S/C21H16BrIN2S/c22-14-10-15(21(24)16(23)11-14)18-12-20(13-6-2-1-3-7-13)26-19-9-5-4-8-17(19)25-18/h1-11,20H,12,24H2. The molecule has 130 valence electrons. The van der Waals surface area contributed by atoms with Crippen LogP contribution in [0.4, 0.5) is 11.4 Å². The lowest BCUT2D eigenvalue weighted by atomic mass is 10.00. The number of hydrogen-bond acceptors (Lipinski definition) is 3. The van der Waals surface area contributed by atoms with E-state index in [1.165, 1.54) is 10.5 Å². The molecule has 1 atom stereocenters. The van der Waals surface area contributed by atoms with Crippen LogP contribution in [0.1, 0.15) is 22.8 Å². The van der Waals surface area contributed by atoms with E-state index < -0.39 is 0 Å². The quantitative estimate of drug-likeness (QED) is 0.284. The molecule has 1 aliphatic rings. The molecule has 0 spiro atoms. The first-order valence-electron chi connectivity index (χ1n) is 8.25. The number of rotatable bonds is 2. The zero-order chi connectivity index (χ0) is 18.1. The predicted molar refractivity (Wildman–Crippen MR) is 124 cm³/mol. The highest BCUT2D eigenvalue weighted by molar-refractivity contribution is 14.1. The summed E-state index contributed by atoms with van der Waals surface area (Å²) in [6.07, 6.45) is 0.833. The van der Waals surface area contributed by atoms with E-state index >= 15 is 0 Å². The monoisotopic (exact) mass is 534 g/mol. The van der Waals surface area contributed by atoms with Crippen LogP contribution in [-0.4, -0.2) is 5.71 Å². The molecule has 0 fully saturated rings. The second-order valence-electron chi connectivity index (χ2n) is 6.10. The number of hydrogen-bond donors (Lipinski definition) is 1. The number of anilines is 1. The Morgan fingerprint density at radius 2 is 1.77 bits per heavy atom. The summed E-state index contributed by atoms with van der Waals surface area (Å²) >= 11 is 7.76. The van der Waals surface area contributed by atoms with Gasteiger partial charge in [-0.05, 0) is 52.4 Å². The zero-order valence-corrected chi connectivity index (χ0v) is 18.4. The van der Waals surface area contributed by atoms with Gasteiger partial charge in [0.1, 0.15) is 0 Å². The Balaban J connectivity index is 1.87. The fourth-order valence-corrected chi connectivity index (χ4v) is 5.80. The number of aliphatic imine (C=N–C) groups is 1. The number of nitrogens with two attached hydrogens (primary N) is 1. The highest BCUT2D eigenvalue weighted by Crippen LogP contribution is 2.46. The van der Waals surface area contributed by atoms with Crippen molar-refractivity contribution < 1.29 is 0 Å². The third-order valence-corrected chi connectivity index (χ3v) is 7.02. The molecule has 0 aromatic heterocycles. The van der Waals surface area contributed by atoms with Gasteiger partial charge < -0.3 is 5.73 Å². The van der Waals surface area contributed by atoms with Crippen LogP contribution in [0, 0.1) is 3.57 Å². The molecule has 0 bridgehead atoms. The molecule has 0 radical (unpaired) electrons. The maximum atomic E-state index is 6.42. The third-order valence-electron chi connectivity index (χ3n) is 4.35. The molecule has 1 aliphatic heterocycles. The van der Waals surface area contributed by atoms with Crippen LogP contribution in [0.2, 0.25) is 0 Å². The fourth-order valence-electron chi connectivity index (χ4n) is 3.06. The van der Waals surface area contributed by atoms with Crippen LogP contribution in [0.3, 0.4) is 0 Å². The lowest BCUT2D eigenvalue weighted by Crippen LogP contribution is -2.09. The van der Waals surface area contributed by atoms with Gasteiger partial charge in [-0.15, -0.1) is 11.8 Å². The Bertz CT molecular complexity index is 989. The van der Waals surface area contributed by atoms with E-state index in [2.05, 4.69) is 93.1 Å². The summed E-state index contributed by atoms with van der Waals surface area (Å²) in [4.78, 5) is 6.23. The molecule has 3 aromatic rings. The van der Waals surface area contributed by atoms with Crippen LogP contribution < -0.4 is 5.73 Å². The minimum absolute atomic E-state index is 0.301. The summed E-state index contributed by atoms with van der Waals surface area (Å²) in [6.45, 7) is 0. The van der Waals surface area contributed by atoms with Crippen LogP contribution >= 0.6 is 50.3 Å². The van der Waals surface area contributed by atoms with E-state index in [0.717, 1.165) is 37.1 Å². The van der Waals surface area contributed by atoms with E-state index in [4.69, 9.17) is 10.7 Å². The number of fused-ring (bicyclic) bond motifs is 1. The van der Waals surface area contributed by atoms with Gasteiger partial charge in [-0.3, -0.25) is 4.99 Å². The summed E-state index contributed by atoms with van der Waals surface area (Å²) in [5.74, 6) is 0. The van der Waals surface area contributed by atoms with Crippen molar-refractivity contribution in [3.8, 4) is 0 Å². The fraction of sp³-hybridized carbons (Fsp3) is 0.0952. The van der Waals surface area contributed by atoms with Crippen molar-refractivity contribution in [2.45, 2.75) is 16.6 Å². The highest BCUT2D eigenvalue weighted by atomic mass is 127. The second kappa shape index (κ2) is 7.74. The van der Waals surface area contributed by atoms with Crippen LogP contribution in [0.5, 0.6) is 0 Å². The van der Waals surface area contributed by atoms with Gasteiger partial charge in [-0.25, -0.2) is 0 Å². The summed E-state index contributed by atoms with van der Waals surface area (Å²) in [5.41, 5.74) is 11.6. The van der Waals surface area contributed by atoms with Gasteiger partial charge >= 0.3 is 0 Å². The number of nitrogen functional groups attached to an aromatic ring is 1. The van der Waals surface area contributed by atoms with Crippen LogP contribution in [-0.2, 0) is 0 Å². The molecule has 0 aliphatic carbocycles. The number of nitrogens with zero attached hydrogens (tertiary/aromatic N) is 1. The first kappa shape index (κ1) is 18.1. The summed E-state index contributed by atoms with van der Waals surface area (Å²) < 4.78 is 2.06. The van der Waals surface area contributed by atoms with Gasteiger partial charge in [-0.2, -0.15) is 0 Å². The minimum atomic E-state index is 0.301. The summed E-state index contributed by atoms with van der Waals surface area (Å²) in [6, 6.07) is 23.1. The number of thioether (sulfide) groups is 1. The zero-order valence-electron chi connectivity index (χ0n) is 13.8. The maximum absolute atomic E-state index is 6.42. The first-order chi connectivity index (χ1) is 12.6. The van der Waals surface area contributed by atoms with E-state index in [1.807, 2.05) is 23.9 Å². The topological polar surface area (TPSA) is 38.4 Å². The third kappa shape index (κ3) is 3.70. The van der Waals surface area contributed by atoms with Gasteiger partial charge in [0, 0.05) is 30.2 Å². The van der Waals surface area contributed by atoms with Gasteiger partial charge in [0.05, 0.1) is 17.1 Å². The summed E-state index contributed by atoms with van der Waals surface area (Å²) in [5, 5.41) is 0.301. The Hall–Kier alpha value is -1.31. The second-order valence-corrected chi connectivity index (χ2v) is 9.42. The first-order valence-corrected chi connectivity index (χ1v) is 11.0. The van der Waals surface area contributed by atoms with E-state index in [-0.39, 0.29) is 0 Å². The van der Waals surface area contributed by atoms with Crippen molar-refractivity contribution in [2.24, 2.45) is 4.99 Å². The van der Waals surface area contributed by atoms with Crippen LogP contribution in [0.25, 0.3) is 0 Å². The number of benzene rings is 3. The largest absolute Gasteiger partial charge is 0.397 e. The van der Waals surface area contributed by atoms with Crippen molar-refractivity contribution in [1.29, 1.82) is 0 Å². The molecule has 4 rings (SSSR count). The van der Waals surface area contributed by atoms with Crippen molar-refractivity contribution >= 4 is 67.4 Å². The molecule has 3 aromatic carbocycles. The molecule has 0 saturated carbocycles. The number of halogens is 2. The highest BCUT2D eigenvalue weighted by Gasteiger charge is 2.24. The number of para-hydroxylation sites is 1. The Labute approximate surface area is 179 Å². The maximum Gasteiger partial charge on any atom is 0.0769 e. The van der Waals surface area contributed by atoms with Gasteiger partial charge in [0.15, 0.2) is 0 Å². The Kier molecular flexibility index (Phi) is 5.38. The van der Waals surface area contributed by atoms with Gasteiger partial charge in [0.25, 0.3) is 0 Å². The smallest absolute Gasteiger partial charge is 0.0769 e. The molecule has 2 N–H and O–H groups in total. The molecular formula is C21H16BrIN2S. The molecule has 26 heavy (non-hydrogen) atoms. The molecular weight excluding hydrogens is 519 g/mol. The van der Waals surface area contributed by atoms with Crippen molar-refractivity contribution in [3.05, 3.63) is 85.9 Å². The molecule has 1 unspecified atom stereocenters. The lowest BCUT2D eigenvalue weighted by Gasteiger charge is -2.17. The average Bonchev–Trinajstić information content (AvgIpc) is 2.85. The van der Waals surface area contributed by atoms with E-state index in [9.17, 15) is 0 Å². The predicted octanol–water partition coefficient (Wildman–Crippen LogP) is 6.99. The SMILES string of the molecule is Nc1c(I)cc(Br)cc1C1=Nc2ccccc2SC(c2ccccc2)C1.